The number of ether oxygens (including phenoxy) is 1. The lowest BCUT2D eigenvalue weighted by atomic mass is 10.1. The molecule has 1 atom stereocenters. The van der Waals surface area contributed by atoms with Crippen molar-refractivity contribution in [3.8, 4) is 0 Å². The van der Waals surface area contributed by atoms with Crippen LogP contribution in [0.2, 0.25) is 0 Å². The number of methoxy groups -OCH3 is 1. The monoisotopic (exact) mass is 301 g/mol. The van der Waals surface area contributed by atoms with E-state index in [0.29, 0.717) is 32.7 Å². The molecule has 1 saturated heterocycles. The number of carbonyl (C=O) groups is 3. The summed E-state index contributed by atoms with van der Waals surface area (Å²) in [6.45, 7) is 1.77. The molecule has 21 heavy (non-hydrogen) atoms. The number of carboxylic acids is 1. The molecular formula is C13H23N3O5. The van der Waals surface area contributed by atoms with E-state index in [0.717, 1.165) is 0 Å². The fourth-order valence-corrected chi connectivity index (χ4v) is 2.29. The van der Waals surface area contributed by atoms with Crippen molar-refractivity contribution in [2.75, 3.05) is 46.9 Å². The van der Waals surface area contributed by atoms with Gasteiger partial charge in [-0.3, -0.25) is 9.59 Å². The van der Waals surface area contributed by atoms with E-state index >= 15 is 0 Å². The van der Waals surface area contributed by atoms with Gasteiger partial charge >= 0.3 is 12.0 Å². The highest BCUT2D eigenvalue weighted by Gasteiger charge is 2.29. The Kier molecular flexibility index (Phi) is 6.93. The summed E-state index contributed by atoms with van der Waals surface area (Å²) in [6.07, 6.45) is 0.761. The van der Waals surface area contributed by atoms with E-state index in [1.54, 1.807) is 19.1 Å². The number of nitrogens with zero attached hydrogens (tertiary/aromatic N) is 2. The summed E-state index contributed by atoms with van der Waals surface area (Å²) in [7, 11) is 3.10. The Bertz CT molecular complexity index is 388. The van der Waals surface area contributed by atoms with Gasteiger partial charge in [0.05, 0.1) is 6.61 Å². The predicted octanol–water partition coefficient (Wildman–Crippen LogP) is -0.403. The SMILES string of the molecule is COCCNC(=O)CN(C)C(=O)N1CCC(CC(=O)O)C1. The Balaban J connectivity index is 2.34. The third kappa shape index (κ3) is 5.99. The average molecular weight is 301 g/mol. The highest BCUT2D eigenvalue weighted by atomic mass is 16.5. The summed E-state index contributed by atoms with van der Waals surface area (Å²) < 4.78 is 4.82. The zero-order valence-corrected chi connectivity index (χ0v) is 12.5. The van der Waals surface area contributed by atoms with E-state index < -0.39 is 5.97 Å². The lowest BCUT2D eigenvalue weighted by Gasteiger charge is -2.24. The molecule has 1 fully saturated rings. The van der Waals surface area contributed by atoms with Crippen molar-refractivity contribution in [3.63, 3.8) is 0 Å². The minimum atomic E-state index is -0.847. The minimum Gasteiger partial charge on any atom is -0.481 e. The first kappa shape index (κ1) is 17.2. The Morgan fingerprint density at radius 2 is 2.14 bits per heavy atom. The molecule has 3 amide bonds. The van der Waals surface area contributed by atoms with Crippen LogP contribution in [0.15, 0.2) is 0 Å². The molecule has 8 heteroatoms. The molecule has 1 rings (SSSR count). The second-order valence-electron chi connectivity index (χ2n) is 5.18. The first-order valence-electron chi connectivity index (χ1n) is 6.91. The van der Waals surface area contributed by atoms with Gasteiger partial charge in [0.15, 0.2) is 0 Å². The second kappa shape index (κ2) is 8.46. The first-order valence-corrected chi connectivity index (χ1v) is 6.91. The quantitative estimate of drug-likeness (QED) is 0.623. The van der Waals surface area contributed by atoms with Crippen LogP contribution in [0, 0.1) is 5.92 Å². The van der Waals surface area contributed by atoms with E-state index in [4.69, 9.17) is 9.84 Å². The van der Waals surface area contributed by atoms with Gasteiger partial charge in [-0.2, -0.15) is 0 Å². The van der Waals surface area contributed by atoms with Crippen molar-refractivity contribution in [1.29, 1.82) is 0 Å². The lowest BCUT2D eigenvalue weighted by molar-refractivity contribution is -0.138. The number of aliphatic carboxylic acids is 1. The van der Waals surface area contributed by atoms with Gasteiger partial charge in [0.2, 0.25) is 5.91 Å². The normalized spacial score (nSPS) is 17.6. The zero-order chi connectivity index (χ0) is 15.8. The lowest BCUT2D eigenvalue weighted by Crippen LogP contribution is -2.45. The zero-order valence-electron chi connectivity index (χ0n) is 12.5. The fourth-order valence-electron chi connectivity index (χ4n) is 2.29. The molecule has 1 unspecified atom stereocenters. The summed E-state index contributed by atoms with van der Waals surface area (Å²) in [5.41, 5.74) is 0. The van der Waals surface area contributed by atoms with Crippen LogP contribution >= 0.6 is 0 Å². The average Bonchev–Trinajstić information content (AvgIpc) is 2.85. The second-order valence-corrected chi connectivity index (χ2v) is 5.18. The van der Waals surface area contributed by atoms with Crippen LogP contribution < -0.4 is 5.32 Å². The molecular weight excluding hydrogens is 278 g/mol. The summed E-state index contributed by atoms with van der Waals surface area (Å²) >= 11 is 0. The van der Waals surface area contributed by atoms with Crippen molar-refractivity contribution in [2.45, 2.75) is 12.8 Å². The molecule has 2 N–H and O–H groups in total. The van der Waals surface area contributed by atoms with E-state index in [1.807, 2.05) is 0 Å². The van der Waals surface area contributed by atoms with Gasteiger partial charge in [0, 0.05) is 40.2 Å². The van der Waals surface area contributed by atoms with Crippen molar-refractivity contribution in [2.24, 2.45) is 5.92 Å². The maximum atomic E-state index is 12.1. The van der Waals surface area contributed by atoms with E-state index in [1.165, 1.54) is 4.90 Å². The first-order chi connectivity index (χ1) is 9.93. The molecule has 0 saturated carbocycles. The number of amides is 3. The standard InChI is InChI=1S/C13H23N3O5/c1-15(9-11(17)14-4-6-21-2)13(20)16-5-3-10(8-16)7-12(18)19/h10H,3-9H2,1-2H3,(H,14,17)(H,18,19). The number of likely N-dealkylation sites (N-methyl/N-ethyl adjacent to an activating group) is 1. The highest BCUT2D eigenvalue weighted by molar-refractivity contribution is 5.84. The molecule has 0 aliphatic carbocycles. The third-order valence-electron chi connectivity index (χ3n) is 3.36. The minimum absolute atomic E-state index is 0.00428. The van der Waals surface area contributed by atoms with Gasteiger partial charge in [-0.1, -0.05) is 0 Å². The highest BCUT2D eigenvalue weighted by Crippen LogP contribution is 2.20. The number of likely N-dealkylation sites (tertiary alicyclic amines) is 1. The number of carboxylic acid groups (broad SMARTS) is 1. The summed E-state index contributed by atoms with van der Waals surface area (Å²) in [4.78, 5) is 37.3. The maximum Gasteiger partial charge on any atom is 0.320 e. The molecule has 1 aliphatic rings. The van der Waals surface area contributed by atoms with E-state index in [9.17, 15) is 14.4 Å². The smallest absolute Gasteiger partial charge is 0.320 e. The predicted molar refractivity (Wildman–Crippen MR) is 74.8 cm³/mol. The number of hydrogen-bond acceptors (Lipinski definition) is 4. The number of rotatable bonds is 7. The van der Waals surface area contributed by atoms with Crippen molar-refractivity contribution < 1.29 is 24.2 Å². The van der Waals surface area contributed by atoms with Gasteiger partial charge in [-0.05, 0) is 12.3 Å². The summed E-state index contributed by atoms with van der Waals surface area (Å²) in [5, 5.41) is 11.4. The molecule has 0 aromatic rings. The van der Waals surface area contributed by atoms with Crippen LogP contribution in [0.25, 0.3) is 0 Å². The molecule has 120 valence electrons. The number of hydrogen-bond donors (Lipinski definition) is 2. The van der Waals surface area contributed by atoms with E-state index in [2.05, 4.69) is 5.32 Å². The van der Waals surface area contributed by atoms with Crippen LogP contribution in [0.5, 0.6) is 0 Å². The molecule has 0 spiro atoms. The number of urea groups is 1. The molecule has 1 aliphatic heterocycles. The third-order valence-corrected chi connectivity index (χ3v) is 3.36. The van der Waals surface area contributed by atoms with Gasteiger partial charge in [0.25, 0.3) is 0 Å². The van der Waals surface area contributed by atoms with Crippen molar-refractivity contribution >= 4 is 17.9 Å². The molecule has 0 radical (unpaired) electrons. The van der Waals surface area contributed by atoms with Gasteiger partial charge in [-0.15, -0.1) is 0 Å². The largest absolute Gasteiger partial charge is 0.481 e. The van der Waals surface area contributed by atoms with Gasteiger partial charge in [0.1, 0.15) is 6.54 Å². The van der Waals surface area contributed by atoms with Crippen LogP contribution in [0.3, 0.4) is 0 Å². The Hall–Kier alpha value is -1.83. The van der Waals surface area contributed by atoms with Gasteiger partial charge < -0.3 is 25.0 Å². The Morgan fingerprint density at radius 1 is 1.43 bits per heavy atom. The summed E-state index contributed by atoms with van der Waals surface area (Å²) in [6, 6.07) is -0.246. The van der Waals surface area contributed by atoms with Crippen LogP contribution in [0.4, 0.5) is 4.79 Å². The van der Waals surface area contributed by atoms with E-state index in [-0.39, 0.29) is 30.8 Å². The van der Waals surface area contributed by atoms with Gasteiger partial charge in [-0.25, -0.2) is 4.79 Å². The number of nitrogens with one attached hydrogen (secondary N) is 1. The summed E-state index contributed by atoms with van der Waals surface area (Å²) in [5.74, 6) is -1.10. The van der Waals surface area contributed by atoms with Crippen LogP contribution in [0.1, 0.15) is 12.8 Å². The molecule has 8 nitrogen and oxygen atoms in total. The Labute approximate surface area is 124 Å². The number of carbonyl (C=O) groups excluding carboxylic acids is 2. The topological polar surface area (TPSA) is 99.2 Å². The molecule has 0 aromatic heterocycles. The molecule has 1 heterocycles. The van der Waals surface area contributed by atoms with Crippen LogP contribution in [-0.2, 0) is 14.3 Å². The Morgan fingerprint density at radius 3 is 2.76 bits per heavy atom. The van der Waals surface area contributed by atoms with Crippen LogP contribution in [-0.4, -0.2) is 79.8 Å². The molecule has 0 bridgehead atoms. The van der Waals surface area contributed by atoms with Crippen molar-refractivity contribution in [1.82, 2.24) is 15.1 Å². The maximum absolute atomic E-state index is 12.1. The van der Waals surface area contributed by atoms with Crippen molar-refractivity contribution in [3.05, 3.63) is 0 Å². The molecule has 0 aromatic carbocycles. The fraction of sp³-hybridized carbons (Fsp3) is 0.769.